The summed E-state index contributed by atoms with van der Waals surface area (Å²) in [6.45, 7) is 8.45. The molecule has 3 rings (SSSR count). The van der Waals surface area contributed by atoms with Crippen LogP contribution in [0.1, 0.15) is 53.8 Å². The molecule has 3 aromatic rings. The zero-order valence-electron chi connectivity index (χ0n) is 17.0. The van der Waals surface area contributed by atoms with Gasteiger partial charge in [-0.2, -0.15) is 0 Å². The highest BCUT2D eigenvalue weighted by Crippen LogP contribution is 2.24. The Balaban J connectivity index is 1.59. The van der Waals surface area contributed by atoms with E-state index in [-0.39, 0.29) is 11.8 Å². The Hall–Kier alpha value is -2.46. The zero-order valence-corrected chi connectivity index (χ0v) is 17.8. The van der Waals surface area contributed by atoms with E-state index in [1.165, 1.54) is 28.0 Å². The maximum Gasteiger partial charge on any atom is 0.233 e. The molecular formula is C24H28N2OS. The molecule has 0 radical (unpaired) electrons. The second-order valence-electron chi connectivity index (χ2n) is 7.84. The smallest absolute Gasteiger partial charge is 0.233 e. The minimum Gasteiger partial charge on any atom is -0.301 e. The van der Waals surface area contributed by atoms with Gasteiger partial charge in [-0.3, -0.25) is 4.79 Å². The summed E-state index contributed by atoms with van der Waals surface area (Å²) in [5.41, 5.74) is 4.85. The van der Waals surface area contributed by atoms with Crippen LogP contribution in [0.15, 0.2) is 54.7 Å². The van der Waals surface area contributed by atoms with Gasteiger partial charge in [-0.25, -0.2) is 4.98 Å². The van der Waals surface area contributed by atoms with E-state index in [4.69, 9.17) is 0 Å². The van der Waals surface area contributed by atoms with E-state index in [0.717, 1.165) is 23.3 Å². The lowest BCUT2D eigenvalue weighted by atomic mass is 9.96. The Bertz CT molecular complexity index is 911. The number of carbonyl (C=O) groups is 1. The number of thiazole rings is 1. The normalized spacial score (nSPS) is 12.2. The Morgan fingerprint density at radius 3 is 2.29 bits per heavy atom. The van der Waals surface area contributed by atoms with Gasteiger partial charge in [0.2, 0.25) is 5.91 Å². The average molecular weight is 393 g/mol. The fourth-order valence-corrected chi connectivity index (χ4v) is 3.98. The number of nitrogens with zero attached hydrogens (tertiary/aromatic N) is 1. The first-order valence-electron chi connectivity index (χ1n) is 9.80. The summed E-state index contributed by atoms with van der Waals surface area (Å²) in [6.07, 6.45) is 3.75. The number of benzene rings is 2. The molecule has 4 heteroatoms. The summed E-state index contributed by atoms with van der Waals surface area (Å²) in [7, 11) is 0. The van der Waals surface area contributed by atoms with Crippen molar-refractivity contribution < 1.29 is 4.79 Å². The van der Waals surface area contributed by atoms with Gasteiger partial charge in [-0.1, -0.05) is 67.9 Å². The molecule has 28 heavy (non-hydrogen) atoms. The predicted octanol–water partition coefficient (Wildman–Crippen LogP) is 5.98. The first-order valence-corrected chi connectivity index (χ1v) is 10.6. The molecule has 2 aromatic carbocycles. The highest BCUT2D eigenvalue weighted by Gasteiger charge is 2.17. The Kier molecular flexibility index (Phi) is 6.63. The van der Waals surface area contributed by atoms with Crippen LogP contribution >= 0.6 is 11.3 Å². The predicted molar refractivity (Wildman–Crippen MR) is 118 cm³/mol. The standard InChI is InChI=1S/C24H28N2OS/c1-16(2)13-19-9-11-21(12-10-19)18(4)23(27)26-24-25-15-22(28-24)14-20-7-5-17(3)6-8-20/h5-12,15-16,18H,13-14H2,1-4H3,(H,25,26,27). The van der Waals surface area contributed by atoms with Crippen LogP contribution in [0.4, 0.5) is 5.13 Å². The lowest BCUT2D eigenvalue weighted by molar-refractivity contribution is -0.117. The van der Waals surface area contributed by atoms with Crippen LogP contribution in [0.5, 0.6) is 0 Å². The number of carbonyl (C=O) groups excluding carboxylic acids is 1. The molecule has 3 nitrogen and oxygen atoms in total. The van der Waals surface area contributed by atoms with Crippen LogP contribution in [-0.4, -0.2) is 10.9 Å². The molecule has 146 valence electrons. The Labute approximate surface area is 171 Å². The third-order valence-corrected chi connectivity index (χ3v) is 5.71. The molecule has 1 unspecified atom stereocenters. The summed E-state index contributed by atoms with van der Waals surface area (Å²) < 4.78 is 0. The van der Waals surface area contributed by atoms with Crippen molar-refractivity contribution in [1.29, 1.82) is 0 Å². The fraction of sp³-hybridized carbons (Fsp3) is 0.333. The topological polar surface area (TPSA) is 42.0 Å². The van der Waals surface area contributed by atoms with E-state index in [1.54, 1.807) is 0 Å². The van der Waals surface area contributed by atoms with Gasteiger partial charge < -0.3 is 5.32 Å². The number of aromatic nitrogens is 1. The van der Waals surface area contributed by atoms with Gasteiger partial charge in [-0.05, 0) is 42.9 Å². The molecule has 1 N–H and O–H groups in total. The second-order valence-corrected chi connectivity index (χ2v) is 8.96. The minimum atomic E-state index is -0.211. The Morgan fingerprint density at radius 1 is 1.00 bits per heavy atom. The molecule has 0 saturated heterocycles. The summed E-state index contributed by atoms with van der Waals surface area (Å²) in [4.78, 5) is 18.2. The molecule has 0 bridgehead atoms. The van der Waals surface area contributed by atoms with Gasteiger partial charge in [0.05, 0.1) is 5.92 Å². The van der Waals surface area contributed by atoms with E-state index in [1.807, 2.05) is 13.1 Å². The maximum absolute atomic E-state index is 12.6. The van der Waals surface area contributed by atoms with Gasteiger partial charge in [-0.15, -0.1) is 11.3 Å². The highest BCUT2D eigenvalue weighted by atomic mass is 32.1. The van der Waals surface area contributed by atoms with E-state index < -0.39 is 0 Å². The molecule has 0 fully saturated rings. The number of nitrogens with one attached hydrogen (secondary N) is 1. The minimum absolute atomic E-state index is 0.0205. The van der Waals surface area contributed by atoms with Gasteiger partial charge in [0.1, 0.15) is 0 Å². The molecule has 1 heterocycles. The second kappa shape index (κ2) is 9.16. The number of aryl methyl sites for hydroxylation is 1. The van der Waals surface area contributed by atoms with E-state index in [2.05, 4.69) is 79.6 Å². The van der Waals surface area contributed by atoms with Crippen molar-refractivity contribution in [3.63, 3.8) is 0 Å². The molecule has 1 amide bonds. The molecule has 1 aromatic heterocycles. The van der Waals surface area contributed by atoms with Crippen molar-refractivity contribution >= 4 is 22.4 Å². The number of hydrogen-bond acceptors (Lipinski definition) is 3. The first kappa shape index (κ1) is 20.3. The van der Waals surface area contributed by atoms with Crippen molar-refractivity contribution in [2.45, 2.75) is 46.5 Å². The van der Waals surface area contributed by atoms with Crippen LogP contribution in [0.25, 0.3) is 0 Å². The number of rotatable bonds is 7. The van der Waals surface area contributed by atoms with Crippen LogP contribution in [0.3, 0.4) is 0 Å². The van der Waals surface area contributed by atoms with Crippen molar-refractivity contribution in [2.24, 2.45) is 5.92 Å². The largest absolute Gasteiger partial charge is 0.301 e. The molecule has 0 aliphatic carbocycles. The van der Waals surface area contributed by atoms with Gasteiger partial charge in [0.25, 0.3) is 0 Å². The summed E-state index contributed by atoms with van der Waals surface area (Å²) in [5, 5.41) is 3.63. The summed E-state index contributed by atoms with van der Waals surface area (Å²) in [5.74, 6) is 0.399. The first-order chi connectivity index (χ1) is 13.4. The highest BCUT2D eigenvalue weighted by molar-refractivity contribution is 7.15. The quantitative estimate of drug-likeness (QED) is 0.537. The average Bonchev–Trinajstić information content (AvgIpc) is 3.10. The maximum atomic E-state index is 12.6. The SMILES string of the molecule is Cc1ccc(Cc2cnc(NC(=O)C(C)c3ccc(CC(C)C)cc3)s2)cc1. The molecular weight excluding hydrogens is 364 g/mol. The van der Waals surface area contributed by atoms with Crippen molar-refractivity contribution in [3.05, 3.63) is 81.9 Å². The van der Waals surface area contributed by atoms with E-state index in [0.29, 0.717) is 11.0 Å². The fourth-order valence-electron chi connectivity index (χ4n) is 3.13. The monoisotopic (exact) mass is 392 g/mol. The van der Waals surface area contributed by atoms with Crippen molar-refractivity contribution in [1.82, 2.24) is 4.98 Å². The number of hydrogen-bond donors (Lipinski definition) is 1. The van der Waals surface area contributed by atoms with Gasteiger partial charge in [0.15, 0.2) is 5.13 Å². The number of anilines is 1. The van der Waals surface area contributed by atoms with Gasteiger partial charge >= 0.3 is 0 Å². The van der Waals surface area contributed by atoms with Crippen LogP contribution < -0.4 is 5.32 Å². The Morgan fingerprint density at radius 2 is 1.64 bits per heavy atom. The molecule has 0 aliphatic heterocycles. The third-order valence-electron chi connectivity index (χ3n) is 4.80. The molecule has 1 atom stereocenters. The van der Waals surface area contributed by atoms with E-state index >= 15 is 0 Å². The third kappa shape index (κ3) is 5.52. The lowest BCUT2D eigenvalue weighted by Crippen LogP contribution is -2.18. The van der Waals surface area contributed by atoms with Crippen LogP contribution in [-0.2, 0) is 17.6 Å². The molecule has 0 spiro atoms. The molecule has 0 aliphatic rings. The van der Waals surface area contributed by atoms with Gasteiger partial charge in [0, 0.05) is 17.5 Å². The van der Waals surface area contributed by atoms with Crippen LogP contribution in [0, 0.1) is 12.8 Å². The summed E-state index contributed by atoms with van der Waals surface area (Å²) in [6, 6.07) is 16.9. The summed E-state index contributed by atoms with van der Waals surface area (Å²) >= 11 is 1.54. The van der Waals surface area contributed by atoms with Crippen LogP contribution in [0.2, 0.25) is 0 Å². The number of amides is 1. The molecule has 0 saturated carbocycles. The zero-order chi connectivity index (χ0) is 20.1. The van der Waals surface area contributed by atoms with E-state index in [9.17, 15) is 4.79 Å². The van der Waals surface area contributed by atoms with Crippen molar-refractivity contribution in [3.8, 4) is 0 Å². The lowest BCUT2D eigenvalue weighted by Gasteiger charge is -2.12. The van der Waals surface area contributed by atoms with Crippen molar-refractivity contribution in [2.75, 3.05) is 5.32 Å².